The van der Waals surface area contributed by atoms with Crippen LogP contribution < -0.4 is 0 Å². The van der Waals surface area contributed by atoms with Gasteiger partial charge in [0, 0.05) is 5.69 Å². The van der Waals surface area contributed by atoms with Crippen molar-refractivity contribution in [2.24, 2.45) is 0 Å². The van der Waals surface area contributed by atoms with Gasteiger partial charge in [0.2, 0.25) is 0 Å². The number of hydrogen-bond donors (Lipinski definition) is 1. The van der Waals surface area contributed by atoms with Crippen molar-refractivity contribution >= 4 is 23.4 Å². The number of nitrogens with one attached hydrogen (secondary N) is 1. The highest BCUT2D eigenvalue weighted by molar-refractivity contribution is 7.71. The Kier molecular flexibility index (Phi) is 2.95. The SMILES string of the molecule is CCc1ccccc1-n1c(=S)[nH]c2ccc(C)nc21. The minimum absolute atomic E-state index is 0.689. The number of para-hydroxylation sites is 1. The summed E-state index contributed by atoms with van der Waals surface area (Å²) in [5.41, 5.74) is 5.23. The Balaban J connectivity index is 2.39. The van der Waals surface area contributed by atoms with E-state index in [-0.39, 0.29) is 0 Å². The first-order valence-electron chi connectivity index (χ1n) is 6.37. The molecule has 2 aromatic heterocycles. The Morgan fingerprint density at radius 3 is 2.79 bits per heavy atom. The van der Waals surface area contributed by atoms with E-state index in [2.05, 4.69) is 35.1 Å². The van der Waals surface area contributed by atoms with E-state index in [1.165, 1.54) is 5.56 Å². The highest BCUT2D eigenvalue weighted by Gasteiger charge is 2.10. The predicted octanol–water partition coefficient (Wildman–Crippen LogP) is 3.95. The van der Waals surface area contributed by atoms with Gasteiger partial charge in [0.15, 0.2) is 10.4 Å². The van der Waals surface area contributed by atoms with Gasteiger partial charge in [0.1, 0.15) is 0 Å². The molecule has 0 bridgehead atoms. The van der Waals surface area contributed by atoms with E-state index >= 15 is 0 Å². The molecule has 0 unspecified atom stereocenters. The number of H-pyrrole nitrogens is 1. The minimum Gasteiger partial charge on any atom is -0.329 e. The molecule has 0 atom stereocenters. The van der Waals surface area contributed by atoms with Crippen molar-refractivity contribution in [2.45, 2.75) is 20.3 Å². The fourth-order valence-corrected chi connectivity index (χ4v) is 2.62. The van der Waals surface area contributed by atoms with E-state index in [1.54, 1.807) is 0 Å². The van der Waals surface area contributed by atoms with Gasteiger partial charge >= 0.3 is 0 Å². The maximum atomic E-state index is 5.45. The second-order valence-electron chi connectivity index (χ2n) is 4.57. The fourth-order valence-electron chi connectivity index (χ4n) is 2.33. The number of nitrogens with zero attached hydrogens (tertiary/aromatic N) is 2. The van der Waals surface area contributed by atoms with Crippen LogP contribution in [0.25, 0.3) is 16.9 Å². The molecule has 0 amide bonds. The zero-order chi connectivity index (χ0) is 13.4. The number of aromatic amines is 1. The van der Waals surface area contributed by atoms with Gasteiger partial charge in [-0.05, 0) is 49.3 Å². The molecule has 1 N–H and O–H groups in total. The summed E-state index contributed by atoms with van der Waals surface area (Å²) in [6, 6.07) is 12.3. The summed E-state index contributed by atoms with van der Waals surface area (Å²) in [7, 11) is 0. The number of rotatable bonds is 2. The smallest absolute Gasteiger partial charge is 0.184 e. The topological polar surface area (TPSA) is 33.6 Å². The van der Waals surface area contributed by atoms with E-state index in [1.807, 2.05) is 29.7 Å². The van der Waals surface area contributed by atoms with E-state index < -0.39 is 0 Å². The molecule has 3 rings (SSSR count). The average molecular weight is 269 g/mol. The average Bonchev–Trinajstić information content (AvgIpc) is 2.74. The van der Waals surface area contributed by atoms with E-state index in [0.717, 1.165) is 29.0 Å². The third-order valence-corrected chi connectivity index (χ3v) is 3.57. The summed E-state index contributed by atoms with van der Waals surface area (Å²) in [5, 5.41) is 0. The van der Waals surface area contributed by atoms with Crippen LogP contribution in [0, 0.1) is 11.7 Å². The van der Waals surface area contributed by atoms with Crippen molar-refractivity contribution in [3.8, 4) is 5.69 Å². The predicted molar refractivity (Wildman–Crippen MR) is 80.4 cm³/mol. The van der Waals surface area contributed by atoms with Crippen LogP contribution in [-0.4, -0.2) is 14.5 Å². The Labute approximate surface area is 116 Å². The van der Waals surface area contributed by atoms with Gasteiger partial charge in [-0.3, -0.25) is 4.57 Å². The van der Waals surface area contributed by atoms with E-state index in [0.29, 0.717) is 4.77 Å². The molecule has 4 heteroatoms. The molecule has 0 radical (unpaired) electrons. The van der Waals surface area contributed by atoms with Gasteiger partial charge in [0.05, 0.1) is 11.2 Å². The highest BCUT2D eigenvalue weighted by Crippen LogP contribution is 2.21. The first-order chi connectivity index (χ1) is 9.20. The van der Waals surface area contributed by atoms with Crippen LogP contribution in [0.4, 0.5) is 0 Å². The fraction of sp³-hybridized carbons (Fsp3) is 0.200. The quantitative estimate of drug-likeness (QED) is 0.715. The van der Waals surface area contributed by atoms with Gasteiger partial charge in [-0.25, -0.2) is 4.98 Å². The van der Waals surface area contributed by atoms with Crippen molar-refractivity contribution in [3.63, 3.8) is 0 Å². The molecule has 0 saturated carbocycles. The van der Waals surface area contributed by atoms with E-state index in [4.69, 9.17) is 12.2 Å². The van der Waals surface area contributed by atoms with Gasteiger partial charge < -0.3 is 4.98 Å². The van der Waals surface area contributed by atoms with Crippen molar-refractivity contribution in [1.29, 1.82) is 0 Å². The zero-order valence-corrected chi connectivity index (χ0v) is 11.8. The van der Waals surface area contributed by atoms with Crippen molar-refractivity contribution in [2.75, 3.05) is 0 Å². The van der Waals surface area contributed by atoms with Crippen LogP contribution in [0.1, 0.15) is 18.2 Å². The molecule has 96 valence electrons. The number of aromatic nitrogens is 3. The lowest BCUT2D eigenvalue weighted by atomic mass is 10.1. The van der Waals surface area contributed by atoms with Crippen LogP contribution in [0.5, 0.6) is 0 Å². The molecule has 0 spiro atoms. The molecular formula is C15H15N3S. The molecule has 2 heterocycles. The first-order valence-corrected chi connectivity index (χ1v) is 6.78. The monoisotopic (exact) mass is 269 g/mol. The molecule has 0 saturated heterocycles. The first kappa shape index (κ1) is 12.1. The summed E-state index contributed by atoms with van der Waals surface area (Å²) in [6.45, 7) is 4.14. The van der Waals surface area contributed by atoms with Crippen LogP contribution >= 0.6 is 12.2 Å². The van der Waals surface area contributed by atoms with Crippen LogP contribution in [0.2, 0.25) is 0 Å². The maximum absolute atomic E-state index is 5.45. The molecule has 3 aromatic rings. The summed E-state index contributed by atoms with van der Waals surface area (Å²) in [4.78, 5) is 7.83. The third kappa shape index (κ3) is 1.98. The largest absolute Gasteiger partial charge is 0.329 e. The Morgan fingerprint density at radius 1 is 1.21 bits per heavy atom. The Morgan fingerprint density at radius 2 is 2.00 bits per heavy atom. The number of imidazole rings is 1. The summed E-state index contributed by atoms with van der Waals surface area (Å²) in [6.07, 6.45) is 0.969. The number of pyridine rings is 1. The molecule has 0 fully saturated rings. The molecule has 0 aliphatic carbocycles. The van der Waals surface area contributed by atoms with Gasteiger partial charge in [-0.2, -0.15) is 0 Å². The minimum atomic E-state index is 0.689. The second kappa shape index (κ2) is 4.63. The molecular weight excluding hydrogens is 254 g/mol. The lowest BCUT2D eigenvalue weighted by Gasteiger charge is -2.09. The molecule has 3 nitrogen and oxygen atoms in total. The van der Waals surface area contributed by atoms with Crippen molar-refractivity contribution in [1.82, 2.24) is 14.5 Å². The van der Waals surface area contributed by atoms with Crippen molar-refractivity contribution < 1.29 is 0 Å². The Bertz CT molecular complexity index is 799. The van der Waals surface area contributed by atoms with Crippen LogP contribution in [-0.2, 0) is 6.42 Å². The van der Waals surface area contributed by atoms with E-state index in [9.17, 15) is 0 Å². The second-order valence-corrected chi connectivity index (χ2v) is 4.96. The summed E-state index contributed by atoms with van der Waals surface area (Å²) >= 11 is 5.45. The molecule has 1 aromatic carbocycles. The maximum Gasteiger partial charge on any atom is 0.184 e. The summed E-state index contributed by atoms with van der Waals surface area (Å²) < 4.78 is 2.71. The number of hydrogen-bond acceptors (Lipinski definition) is 2. The standard InChI is InChI=1S/C15H15N3S/c1-3-11-6-4-5-7-13(11)18-14-12(17-15(18)19)9-8-10(2)16-14/h4-9H,3H2,1-2H3,(H,17,19). The number of benzene rings is 1. The molecule has 0 aliphatic rings. The lowest BCUT2D eigenvalue weighted by molar-refractivity contribution is 0.993. The third-order valence-electron chi connectivity index (χ3n) is 3.28. The Hall–Kier alpha value is -1.94. The highest BCUT2D eigenvalue weighted by atomic mass is 32.1. The van der Waals surface area contributed by atoms with Gasteiger partial charge in [-0.1, -0.05) is 25.1 Å². The van der Waals surface area contributed by atoms with Crippen LogP contribution in [0.3, 0.4) is 0 Å². The molecule has 0 aliphatic heterocycles. The van der Waals surface area contributed by atoms with Gasteiger partial charge in [0.25, 0.3) is 0 Å². The van der Waals surface area contributed by atoms with Crippen LogP contribution in [0.15, 0.2) is 36.4 Å². The normalized spacial score (nSPS) is 11.1. The lowest BCUT2D eigenvalue weighted by Crippen LogP contribution is -2.00. The number of aryl methyl sites for hydroxylation is 2. The zero-order valence-electron chi connectivity index (χ0n) is 11.0. The number of fused-ring (bicyclic) bond motifs is 1. The van der Waals surface area contributed by atoms with Crippen molar-refractivity contribution in [3.05, 3.63) is 52.4 Å². The molecule has 19 heavy (non-hydrogen) atoms. The summed E-state index contributed by atoms with van der Waals surface area (Å²) in [5.74, 6) is 0. The van der Waals surface area contributed by atoms with Gasteiger partial charge in [-0.15, -0.1) is 0 Å².